The monoisotopic (exact) mass is 480 g/mol. The first-order valence-corrected chi connectivity index (χ1v) is 11.4. The number of aryl methyl sites for hydroxylation is 2. The van der Waals surface area contributed by atoms with Gasteiger partial charge >= 0.3 is 12.3 Å². The largest absolute Gasteiger partial charge is 0.407 e. The van der Waals surface area contributed by atoms with E-state index in [0.29, 0.717) is 35.4 Å². The zero-order chi connectivity index (χ0) is 25.1. The van der Waals surface area contributed by atoms with Crippen LogP contribution in [0.3, 0.4) is 0 Å². The summed E-state index contributed by atoms with van der Waals surface area (Å²) in [5.41, 5.74) is 3.20. The molecule has 0 atom stereocenters. The maximum absolute atomic E-state index is 12.8. The Hall–Kier alpha value is -3.87. The number of hydrogen-bond donors (Lipinski definition) is 0. The van der Waals surface area contributed by atoms with Crippen molar-refractivity contribution < 1.29 is 13.6 Å². The molecular weight excluding hydrogens is 454 g/mol. The van der Waals surface area contributed by atoms with E-state index in [1.54, 1.807) is 19.2 Å². The molecular formula is C25H26F2N6O2. The van der Waals surface area contributed by atoms with Gasteiger partial charge in [-0.05, 0) is 50.3 Å². The summed E-state index contributed by atoms with van der Waals surface area (Å²) in [7, 11) is 3.48. The molecule has 1 aliphatic carbocycles. The average Bonchev–Trinajstić information content (AvgIpc) is 2.86. The van der Waals surface area contributed by atoms with Crippen molar-refractivity contribution in [3.63, 3.8) is 0 Å². The summed E-state index contributed by atoms with van der Waals surface area (Å²) in [6.07, 6.45) is 2.87. The number of halogens is 2. The molecule has 0 radical (unpaired) electrons. The Bertz CT molecular complexity index is 1360. The number of rotatable bonds is 6. The third-order valence-electron chi connectivity index (χ3n) is 6.67. The van der Waals surface area contributed by atoms with Crippen molar-refractivity contribution in [1.29, 1.82) is 5.26 Å². The lowest BCUT2D eigenvalue weighted by molar-refractivity contribution is -0.128. The van der Waals surface area contributed by atoms with Crippen LogP contribution in [0.25, 0.3) is 11.0 Å². The van der Waals surface area contributed by atoms with Crippen molar-refractivity contribution in [2.24, 2.45) is 18.1 Å². The number of oxime groups is 1. The number of hydrogen-bond acceptors (Lipinski definition) is 7. The quantitative estimate of drug-likeness (QED) is 0.389. The summed E-state index contributed by atoms with van der Waals surface area (Å²) in [5.74, 6) is 0.383. The molecule has 3 aromatic rings. The molecule has 2 aromatic heterocycles. The Morgan fingerprint density at radius 3 is 2.57 bits per heavy atom. The predicted octanol–water partition coefficient (Wildman–Crippen LogP) is 4.15. The smallest absolute Gasteiger partial charge is 0.355 e. The van der Waals surface area contributed by atoms with Crippen molar-refractivity contribution in [2.75, 3.05) is 11.9 Å². The van der Waals surface area contributed by atoms with Crippen LogP contribution in [0.4, 0.5) is 14.6 Å². The highest BCUT2D eigenvalue weighted by atomic mass is 19.3. The normalized spacial score (nSPS) is 18.5. The average molecular weight is 481 g/mol. The van der Waals surface area contributed by atoms with Crippen molar-refractivity contribution in [3.8, 4) is 6.07 Å². The van der Waals surface area contributed by atoms with Gasteiger partial charge in [0.25, 0.3) is 0 Å². The molecule has 0 bridgehead atoms. The highest BCUT2D eigenvalue weighted by Crippen LogP contribution is 2.33. The molecule has 1 fully saturated rings. The second kappa shape index (κ2) is 10.2. The molecule has 0 saturated heterocycles. The van der Waals surface area contributed by atoms with Crippen molar-refractivity contribution in [1.82, 2.24) is 14.5 Å². The summed E-state index contributed by atoms with van der Waals surface area (Å²) < 4.78 is 27.0. The van der Waals surface area contributed by atoms with Gasteiger partial charge in [0.2, 0.25) is 0 Å². The second-order valence-corrected chi connectivity index (χ2v) is 8.73. The Balaban J connectivity index is 1.60. The number of aromatic nitrogens is 3. The predicted molar refractivity (Wildman–Crippen MR) is 128 cm³/mol. The van der Waals surface area contributed by atoms with E-state index >= 15 is 0 Å². The molecule has 1 saturated carbocycles. The summed E-state index contributed by atoms with van der Waals surface area (Å²) >= 11 is 0. The lowest BCUT2D eigenvalue weighted by atomic mass is 9.80. The number of benzene rings is 1. The zero-order valence-corrected chi connectivity index (χ0v) is 19.8. The first-order valence-electron chi connectivity index (χ1n) is 11.4. The fraction of sp³-hybridized carbons (Fsp3) is 0.400. The van der Waals surface area contributed by atoms with E-state index in [0.717, 1.165) is 24.0 Å². The second-order valence-electron chi connectivity index (χ2n) is 8.73. The molecule has 0 N–H and O–H groups in total. The molecule has 182 valence electrons. The minimum Gasteiger partial charge on any atom is -0.355 e. The molecule has 10 heteroatoms. The lowest BCUT2D eigenvalue weighted by Gasteiger charge is -2.36. The minimum absolute atomic E-state index is 0.0452. The van der Waals surface area contributed by atoms with Crippen molar-refractivity contribution in [3.05, 3.63) is 63.7 Å². The minimum atomic E-state index is -2.98. The van der Waals surface area contributed by atoms with Crippen molar-refractivity contribution in [2.45, 2.75) is 45.3 Å². The fourth-order valence-corrected chi connectivity index (χ4v) is 4.73. The number of pyridine rings is 1. The van der Waals surface area contributed by atoms with Crippen LogP contribution in [0.2, 0.25) is 0 Å². The number of anilines is 1. The molecule has 1 aromatic carbocycles. The summed E-state index contributed by atoms with van der Waals surface area (Å²) in [5, 5.41) is 13.1. The number of fused-ring (bicyclic) bond motifs is 1. The van der Waals surface area contributed by atoms with Gasteiger partial charge in [-0.1, -0.05) is 29.4 Å². The highest BCUT2D eigenvalue weighted by molar-refractivity contribution is 6.03. The van der Waals surface area contributed by atoms with Crippen LogP contribution < -0.4 is 10.6 Å². The molecule has 0 spiro atoms. The van der Waals surface area contributed by atoms with E-state index in [2.05, 4.69) is 20.0 Å². The topological polar surface area (TPSA) is 96.4 Å². The first kappa shape index (κ1) is 24.3. The molecule has 8 nitrogen and oxygen atoms in total. The Morgan fingerprint density at radius 1 is 1.20 bits per heavy atom. The Kier molecular flexibility index (Phi) is 7.05. The van der Waals surface area contributed by atoms with Gasteiger partial charge in [0, 0.05) is 31.6 Å². The van der Waals surface area contributed by atoms with E-state index in [4.69, 9.17) is 0 Å². The summed E-state index contributed by atoms with van der Waals surface area (Å²) in [6.45, 7) is -1.07. The van der Waals surface area contributed by atoms with Crippen LogP contribution in [0.5, 0.6) is 0 Å². The molecule has 35 heavy (non-hydrogen) atoms. The summed E-state index contributed by atoms with van der Waals surface area (Å²) in [4.78, 5) is 27.5. The van der Waals surface area contributed by atoms with Crippen molar-refractivity contribution >= 4 is 22.6 Å². The van der Waals surface area contributed by atoms with E-state index in [1.807, 2.05) is 49.2 Å². The van der Waals surface area contributed by atoms with E-state index in [-0.39, 0.29) is 17.7 Å². The molecule has 0 amide bonds. The van der Waals surface area contributed by atoms with Gasteiger partial charge < -0.3 is 9.74 Å². The standard InChI is InChI=1S/C25H26F2N6O2/c1-15-6-4-5-7-19(15)21(31-35-24(26)27)16-8-11-18(12-9-16)32(2)23-22-20(33(3)25(34)30-23)13-10-17(14-28)29-22/h4-7,10,13,16,18,24H,8-9,11-12H2,1-3H3/b31-21+. The van der Waals surface area contributed by atoms with E-state index < -0.39 is 12.3 Å². The third-order valence-corrected chi connectivity index (χ3v) is 6.67. The molecule has 2 heterocycles. The van der Waals surface area contributed by atoms with Crippen LogP contribution in [-0.2, 0) is 11.9 Å². The molecule has 1 aliphatic rings. The first-order chi connectivity index (χ1) is 16.8. The fourth-order valence-electron chi connectivity index (χ4n) is 4.73. The van der Waals surface area contributed by atoms with Gasteiger partial charge in [-0.25, -0.2) is 9.78 Å². The maximum atomic E-state index is 12.8. The Labute approximate surface area is 201 Å². The molecule has 4 rings (SSSR count). The summed E-state index contributed by atoms with van der Waals surface area (Å²) in [6, 6.07) is 12.9. The maximum Gasteiger partial charge on any atom is 0.407 e. The third kappa shape index (κ3) is 4.99. The van der Waals surface area contributed by atoms with Crippen LogP contribution >= 0.6 is 0 Å². The molecule has 0 unspecified atom stereocenters. The SMILES string of the molecule is Cc1ccccc1/C(=N/OC(F)F)C1CCC(N(C)c2nc(=O)n(C)c3ccc(C#N)nc23)CC1. The van der Waals surface area contributed by atoms with Gasteiger partial charge in [-0.3, -0.25) is 4.57 Å². The zero-order valence-electron chi connectivity index (χ0n) is 19.8. The van der Waals surface area contributed by atoms with Gasteiger partial charge in [-0.15, -0.1) is 0 Å². The molecule has 0 aliphatic heterocycles. The van der Waals surface area contributed by atoms with Gasteiger partial charge in [0.1, 0.15) is 17.3 Å². The number of nitrogens with zero attached hydrogens (tertiary/aromatic N) is 6. The van der Waals surface area contributed by atoms with E-state index in [9.17, 15) is 18.8 Å². The van der Waals surface area contributed by atoms with Gasteiger partial charge in [-0.2, -0.15) is 19.0 Å². The van der Waals surface area contributed by atoms with Crippen LogP contribution in [-0.4, -0.2) is 39.9 Å². The lowest BCUT2D eigenvalue weighted by Crippen LogP contribution is -2.39. The van der Waals surface area contributed by atoms with Crippen LogP contribution in [0.15, 0.2) is 46.3 Å². The van der Waals surface area contributed by atoms with E-state index in [1.165, 1.54) is 4.57 Å². The highest BCUT2D eigenvalue weighted by Gasteiger charge is 2.30. The van der Waals surface area contributed by atoms with Crippen LogP contribution in [0.1, 0.15) is 42.5 Å². The Morgan fingerprint density at radius 2 is 1.91 bits per heavy atom. The number of alkyl halides is 2. The van der Waals surface area contributed by atoms with Gasteiger partial charge in [0.15, 0.2) is 5.82 Å². The number of nitriles is 1. The van der Waals surface area contributed by atoms with Gasteiger partial charge in [0.05, 0.1) is 11.2 Å². The van der Waals surface area contributed by atoms with Crippen LogP contribution in [0, 0.1) is 24.2 Å².